The van der Waals surface area contributed by atoms with Crippen molar-refractivity contribution in [3.8, 4) is 0 Å². The lowest BCUT2D eigenvalue weighted by molar-refractivity contribution is -0.140. The van der Waals surface area contributed by atoms with Crippen LogP contribution in [-0.4, -0.2) is 42.2 Å². The van der Waals surface area contributed by atoms with Crippen molar-refractivity contribution in [3.05, 3.63) is 0 Å². The normalized spacial score (nSPS) is 13.1. The van der Waals surface area contributed by atoms with Crippen LogP contribution in [0, 0.1) is 0 Å². The molecule has 0 aromatic heterocycles. The monoisotopic (exact) mass is 177 g/mol. The Balaban J connectivity index is 3.37. The second kappa shape index (κ2) is 5.93. The number of hydrogen-bond acceptors (Lipinski definition) is 5. The van der Waals surface area contributed by atoms with Gasteiger partial charge in [-0.1, -0.05) is 0 Å². The second-order valence-corrected chi connectivity index (χ2v) is 2.48. The van der Waals surface area contributed by atoms with Crippen molar-refractivity contribution in [2.45, 2.75) is 25.7 Å². The van der Waals surface area contributed by atoms with Crippen LogP contribution < -0.4 is 5.32 Å². The van der Waals surface area contributed by atoms with Crippen molar-refractivity contribution in [1.82, 2.24) is 5.32 Å². The molecule has 0 saturated heterocycles. The average Bonchev–Trinajstić information content (AvgIpc) is 2.03. The van der Waals surface area contributed by atoms with Gasteiger partial charge in [0.1, 0.15) is 0 Å². The Morgan fingerprint density at radius 3 is 2.58 bits per heavy atom. The summed E-state index contributed by atoms with van der Waals surface area (Å²) in [6.07, 6.45) is -1.17. The Hall–Kier alpha value is -0.650. The highest BCUT2D eigenvalue weighted by molar-refractivity contribution is 5.69. The first-order valence-electron chi connectivity index (χ1n) is 3.74. The third-order valence-electron chi connectivity index (χ3n) is 1.47. The van der Waals surface area contributed by atoms with Gasteiger partial charge in [-0.2, -0.15) is 0 Å². The van der Waals surface area contributed by atoms with E-state index in [4.69, 9.17) is 10.2 Å². The molecular weight excluding hydrogens is 162 g/mol. The number of aliphatic hydroxyl groups is 2. The van der Waals surface area contributed by atoms with Gasteiger partial charge in [-0.05, 0) is 6.92 Å². The quantitative estimate of drug-likeness (QED) is 0.364. The van der Waals surface area contributed by atoms with Gasteiger partial charge in [0.05, 0.1) is 19.6 Å². The maximum Gasteiger partial charge on any atom is 0.306 e. The molecule has 5 heteroatoms. The van der Waals surface area contributed by atoms with E-state index in [-0.39, 0.29) is 12.4 Å². The van der Waals surface area contributed by atoms with Gasteiger partial charge in [0.25, 0.3) is 0 Å². The molecule has 0 aliphatic heterocycles. The zero-order chi connectivity index (χ0) is 9.56. The lowest BCUT2D eigenvalue weighted by Crippen LogP contribution is -2.38. The van der Waals surface area contributed by atoms with Gasteiger partial charge in [0.2, 0.25) is 0 Å². The summed E-state index contributed by atoms with van der Waals surface area (Å²) in [5.74, 6) is -0.317. The van der Waals surface area contributed by atoms with Gasteiger partial charge in [-0.3, -0.25) is 4.79 Å². The molecule has 12 heavy (non-hydrogen) atoms. The van der Waals surface area contributed by atoms with Crippen molar-refractivity contribution >= 4 is 5.97 Å². The van der Waals surface area contributed by atoms with Crippen molar-refractivity contribution in [2.24, 2.45) is 0 Å². The number of aliphatic hydroxyl groups excluding tert-OH is 1. The summed E-state index contributed by atoms with van der Waals surface area (Å²) < 4.78 is 4.39. The van der Waals surface area contributed by atoms with Crippen LogP contribution >= 0.6 is 0 Å². The Bertz CT molecular complexity index is 137. The van der Waals surface area contributed by atoms with Crippen LogP contribution in [-0.2, 0) is 9.53 Å². The number of esters is 1. The van der Waals surface area contributed by atoms with Gasteiger partial charge >= 0.3 is 5.97 Å². The molecule has 3 N–H and O–H groups in total. The van der Waals surface area contributed by atoms with Crippen LogP contribution in [0.25, 0.3) is 0 Å². The van der Waals surface area contributed by atoms with Crippen LogP contribution in [0.2, 0.25) is 0 Å². The average molecular weight is 177 g/mol. The lowest BCUT2D eigenvalue weighted by Gasteiger charge is -2.14. The molecular formula is C7H15NO4. The smallest absolute Gasteiger partial charge is 0.306 e. The molecule has 0 fully saturated rings. The van der Waals surface area contributed by atoms with Gasteiger partial charge in [0, 0.05) is 6.54 Å². The molecule has 0 rings (SSSR count). The van der Waals surface area contributed by atoms with Gasteiger partial charge in [-0.25, -0.2) is 0 Å². The molecule has 0 amide bonds. The van der Waals surface area contributed by atoms with Crippen LogP contribution in [0.1, 0.15) is 13.3 Å². The molecule has 0 heterocycles. The summed E-state index contributed by atoms with van der Waals surface area (Å²) in [4.78, 5) is 10.6. The minimum absolute atomic E-state index is 0.230. The molecule has 1 atom stereocenters. The minimum Gasteiger partial charge on any atom is -0.469 e. The molecule has 0 radical (unpaired) electrons. The second-order valence-electron chi connectivity index (χ2n) is 2.48. The highest BCUT2D eigenvalue weighted by Crippen LogP contribution is 1.88. The van der Waals surface area contributed by atoms with E-state index in [1.807, 2.05) is 0 Å². The van der Waals surface area contributed by atoms with Gasteiger partial charge < -0.3 is 20.3 Å². The predicted octanol–water partition coefficient (Wildman–Crippen LogP) is -1.16. The van der Waals surface area contributed by atoms with Crippen LogP contribution in [0.5, 0.6) is 0 Å². The third kappa shape index (κ3) is 5.06. The van der Waals surface area contributed by atoms with E-state index in [1.165, 1.54) is 7.11 Å². The summed E-state index contributed by atoms with van der Waals surface area (Å²) in [7, 11) is 1.31. The van der Waals surface area contributed by atoms with E-state index in [0.29, 0.717) is 6.54 Å². The zero-order valence-corrected chi connectivity index (χ0v) is 7.28. The molecule has 0 aliphatic rings. The minimum atomic E-state index is -1.40. The van der Waals surface area contributed by atoms with Crippen molar-refractivity contribution in [2.75, 3.05) is 13.7 Å². The highest BCUT2D eigenvalue weighted by atomic mass is 16.5. The molecule has 0 aromatic rings. The number of carbonyl (C=O) groups is 1. The molecule has 0 aromatic carbocycles. The number of methoxy groups -OCH3 is 1. The van der Waals surface area contributed by atoms with E-state index < -0.39 is 12.3 Å². The van der Waals surface area contributed by atoms with Crippen molar-refractivity contribution in [3.63, 3.8) is 0 Å². The Labute approximate surface area is 71.3 Å². The molecule has 0 spiro atoms. The Morgan fingerprint density at radius 2 is 2.17 bits per heavy atom. The van der Waals surface area contributed by atoms with E-state index in [2.05, 4.69) is 10.1 Å². The highest BCUT2D eigenvalue weighted by Gasteiger charge is 2.09. The first-order chi connectivity index (χ1) is 5.57. The molecule has 0 aliphatic carbocycles. The lowest BCUT2D eigenvalue weighted by atomic mass is 10.3. The SMILES string of the molecule is COC(=O)CCNC(C)C(O)O. The van der Waals surface area contributed by atoms with E-state index in [1.54, 1.807) is 6.92 Å². The first kappa shape index (κ1) is 11.4. The summed E-state index contributed by atoms with van der Waals surface area (Å²) >= 11 is 0. The fourth-order valence-electron chi connectivity index (χ4n) is 0.609. The standard InChI is InChI=1S/C7H15NO4/c1-5(7(10)11)8-4-3-6(9)12-2/h5,7-8,10-11H,3-4H2,1-2H3. The van der Waals surface area contributed by atoms with E-state index in [9.17, 15) is 4.79 Å². The molecule has 0 bridgehead atoms. The zero-order valence-electron chi connectivity index (χ0n) is 7.28. The van der Waals surface area contributed by atoms with Crippen LogP contribution in [0.3, 0.4) is 0 Å². The number of carbonyl (C=O) groups excluding carboxylic acids is 1. The third-order valence-corrected chi connectivity index (χ3v) is 1.47. The maximum absolute atomic E-state index is 10.6. The molecule has 1 unspecified atom stereocenters. The first-order valence-corrected chi connectivity index (χ1v) is 3.74. The summed E-state index contributed by atoms with van der Waals surface area (Å²) in [6, 6.07) is -0.436. The maximum atomic E-state index is 10.6. The van der Waals surface area contributed by atoms with E-state index in [0.717, 1.165) is 0 Å². The Kier molecular flexibility index (Phi) is 5.61. The predicted molar refractivity (Wildman–Crippen MR) is 42.3 cm³/mol. The van der Waals surface area contributed by atoms with Crippen molar-refractivity contribution in [1.29, 1.82) is 0 Å². The summed E-state index contributed by atoms with van der Waals surface area (Å²) in [6.45, 7) is 1.99. The molecule has 5 nitrogen and oxygen atoms in total. The summed E-state index contributed by atoms with van der Waals surface area (Å²) in [5, 5.41) is 20.0. The number of ether oxygens (including phenoxy) is 1. The molecule has 0 saturated carbocycles. The van der Waals surface area contributed by atoms with Crippen LogP contribution in [0.4, 0.5) is 0 Å². The fraction of sp³-hybridized carbons (Fsp3) is 0.857. The van der Waals surface area contributed by atoms with Crippen molar-refractivity contribution < 1.29 is 19.7 Å². The fourth-order valence-corrected chi connectivity index (χ4v) is 0.609. The number of rotatable bonds is 5. The number of nitrogens with one attached hydrogen (secondary N) is 1. The Morgan fingerprint density at radius 1 is 1.58 bits per heavy atom. The van der Waals surface area contributed by atoms with Gasteiger partial charge in [-0.15, -0.1) is 0 Å². The van der Waals surface area contributed by atoms with E-state index >= 15 is 0 Å². The molecule has 72 valence electrons. The number of hydrogen-bond donors (Lipinski definition) is 3. The topological polar surface area (TPSA) is 78.8 Å². The van der Waals surface area contributed by atoms with Crippen LogP contribution in [0.15, 0.2) is 0 Å². The largest absolute Gasteiger partial charge is 0.469 e. The summed E-state index contributed by atoms with van der Waals surface area (Å²) in [5.41, 5.74) is 0. The van der Waals surface area contributed by atoms with Gasteiger partial charge in [0.15, 0.2) is 6.29 Å².